The van der Waals surface area contributed by atoms with Gasteiger partial charge in [0.05, 0.1) is 6.04 Å². The third kappa shape index (κ3) is 4.61. The van der Waals surface area contributed by atoms with Gasteiger partial charge in [-0.05, 0) is 66.6 Å². The Morgan fingerprint density at radius 2 is 1.29 bits per heavy atom. The van der Waals surface area contributed by atoms with Crippen molar-refractivity contribution in [1.29, 1.82) is 0 Å². The Hall–Kier alpha value is -4.58. The molecule has 0 saturated carbocycles. The summed E-state index contributed by atoms with van der Waals surface area (Å²) in [6, 6.07) is 28.4. The van der Waals surface area contributed by atoms with Gasteiger partial charge in [0.1, 0.15) is 0 Å². The second-order valence-corrected chi connectivity index (χ2v) is 7.95. The van der Waals surface area contributed by atoms with Gasteiger partial charge in [-0.15, -0.1) is 10.2 Å². The van der Waals surface area contributed by atoms with E-state index in [-0.39, 0.29) is 11.9 Å². The van der Waals surface area contributed by atoms with Crippen molar-refractivity contribution in [3.8, 4) is 22.9 Å². The standard InChI is InChI=1S/C28H22N4O2/c1-19-7-9-23(10-8-19)27-31-32-28(34-27)24-13-11-22(12-14-24)26(33)30-25(20-5-3-2-4-6-20)21-15-17-29-18-16-21/h2-18,25H,1H3,(H,30,33). The average Bonchev–Trinajstić information content (AvgIpc) is 3.39. The first-order chi connectivity index (χ1) is 16.7. The lowest BCUT2D eigenvalue weighted by Crippen LogP contribution is -2.29. The number of hydrogen-bond acceptors (Lipinski definition) is 5. The fourth-order valence-corrected chi connectivity index (χ4v) is 3.69. The molecule has 0 aliphatic carbocycles. The van der Waals surface area contributed by atoms with E-state index in [1.54, 1.807) is 24.5 Å². The van der Waals surface area contributed by atoms with E-state index in [9.17, 15) is 4.79 Å². The summed E-state index contributed by atoms with van der Waals surface area (Å²) in [4.78, 5) is 17.2. The number of nitrogens with one attached hydrogen (secondary N) is 1. The van der Waals surface area contributed by atoms with E-state index >= 15 is 0 Å². The van der Waals surface area contributed by atoms with Gasteiger partial charge in [0.25, 0.3) is 5.91 Å². The minimum absolute atomic E-state index is 0.178. The maximum Gasteiger partial charge on any atom is 0.252 e. The summed E-state index contributed by atoms with van der Waals surface area (Å²) in [5, 5.41) is 11.5. The molecule has 5 aromatic rings. The SMILES string of the molecule is Cc1ccc(-c2nnc(-c3ccc(C(=O)NC(c4ccccc4)c4ccncc4)cc3)o2)cc1. The molecule has 2 aromatic heterocycles. The predicted octanol–water partition coefficient (Wildman–Crippen LogP) is 5.63. The number of pyridine rings is 1. The van der Waals surface area contributed by atoms with Gasteiger partial charge in [-0.2, -0.15) is 0 Å². The molecule has 1 amide bonds. The topological polar surface area (TPSA) is 80.9 Å². The van der Waals surface area contributed by atoms with Crippen LogP contribution in [0.5, 0.6) is 0 Å². The van der Waals surface area contributed by atoms with Gasteiger partial charge in [-0.1, -0.05) is 48.0 Å². The average molecular weight is 447 g/mol. The zero-order chi connectivity index (χ0) is 23.3. The van der Waals surface area contributed by atoms with E-state index in [1.807, 2.05) is 85.8 Å². The zero-order valence-electron chi connectivity index (χ0n) is 18.6. The molecule has 0 saturated heterocycles. The Labute approximate surface area is 197 Å². The van der Waals surface area contributed by atoms with Gasteiger partial charge in [-0.3, -0.25) is 9.78 Å². The van der Waals surface area contributed by atoms with E-state index in [0.717, 1.165) is 27.8 Å². The number of amides is 1. The summed E-state index contributed by atoms with van der Waals surface area (Å²) in [6.07, 6.45) is 3.45. The van der Waals surface area contributed by atoms with Crippen LogP contribution in [-0.4, -0.2) is 21.1 Å². The van der Waals surface area contributed by atoms with Crippen LogP contribution < -0.4 is 5.32 Å². The second kappa shape index (κ2) is 9.50. The zero-order valence-corrected chi connectivity index (χ0v) is 18.6. The Morgan fingerprint density at radius 3 is 1.91 bits per heavy atom. The van der Waals surface area contributed by atoms with Gasteiger partial charge in [0.2, 0.25) is 11.8 Å². The molecule has 0 aliphatic rings. The first kappa shape index (κ1) is 21.3. The summed E-state index contributed by atoms with van der Waals surface area (Å²) in [5.74, 6) is 0.685. The molecule has 6 nitrogen and oxygen atoms in total. The molecule has 0 aliphatic heterocycles. The van der Waals surface area contributed by atoms with Crippen LogP contribution in [0.25, 0.3) is 22.9 Å². The molecule has 1 unspecified atom stereocenters. The van der Waals surface area contributed by atoms with Gasteiger partial charge < -0.3 is 9.73 Å². The summed E-state index contributed by atoms with van der Waals surface area (Å²) >= 11 is 0. The lowest BCUT2D eigenvalue weighted by atomic mass is 9.99. The lowest BCUT2D eigenvalue weighted by Gasteiger charge is -2.20. The van der Waals surface area contributed by atoms with Crippen LogP contribution in [0.15, 0.2) is 108 Å². The second-order valence-electron chi connectivity index (χ2n) is 7.95. The smallest absolute Gasteiger partial charge is 0.252 e. The fourth-order valence-electron chi connectivity index (χ4n) is 3.69. The molecule has 6 heteroatoms. The van der Waals surface area contributed by atoms with Crippen molar-refractivity contribution >= 4 is 5.91 Å². The van der Waals surface area contributed by atoms with E-state index in [2.05, 4.69) is 20.5 Å². The van der Waals surface area contributed by atoms with Crippen molar-refractivity contribution in [1.82, 2.24) is 20.5 Å². The van der Waals surface area contributed by atoms with Crippen molar-refractivity contribution in [3.63, 3.8) is 0 Å². The molecule has 34 heavy (non-hydrogen) atoms. The van der Waals surface area contributed by atoms with E-state index in [1.165, 1.54) is 0 Å². The highest BCUT2D eigenvalue weighted by atomic mass is 16.4. The number of aromatic nitrogens is 3. The Morgan fingerprint density at radius 1 is 0.735 bits per heavy atom. The summed E-state index contributed by atoms with van der Waals surface area (Å²) in [5.41, 5.74) is 5.26. The number of nitrogens with zero attached hydrogens (tertiary/aromatic N) is 3. The highest BCUT2D eigenvalue weighted by Crippen LogP contribution is 2.25. The number of aryl methyl sites for hydroxylation is 1. The summed E-state index contributed by atoms with van der Waals surface area (Å²) in [6.45, 7) is 2.03. The molecule has 0 bridgehead atoms. The highest BCUT2D eigenvalue weighted by Gasteiger charge is 2.18. The Kier molecular flexibility index (Phi) is 5.95. The van der Waals surface area contributed by atoms with E-state index in [0.29, 0.717) is 17.3 Å². The molecular formula is C28H22N4O2. The van der Waals surface area contributed by atoms with Gasteiger partial charge >= 0.3 is 0 Å². The number of rotatable bonds is 6. The van der Waals surface area contributed by atoms with Crippen LogP contribution in [0.2, 0.25) is 0 Å². The molecule has 3 aromatic carbocycles. The molecule has 166 valence electrons. The molecule has 1 atom stereocenters. The number of carbonyl (C=O) groups excluding carboxylic acids is 1. The Balaban J connectivity index is 1.35. The fraction of sp³-hybridized carbons (Fsp3) is 0.0714. The van der Waals surface area contributed by atoms with E-state index in [4.69, 9.17) is 4.42 Å². The molecule has 0 radical (unpaired) electrons. The monoisotopic (exact) mass is 446 g/mol. The largest absolute Gasteiger partial charge is 0.416 e. The van der Waals surface area contributed by atoms with Crippen LogP contribution in [-0.2, 0) is 0 Å². The van der Waals surface area contributed by atoms with Crippen LogP contribution >= 0.6 is 0 Å². The summed E-state index contributed by atoms with van der Waals surface area (Å²) < 4.78 is 5.85. The number of carbonyl (C=O) groups is 1. The van der Waals surface area contributed by atoms with Crippen LogP contribution in [0.3, 0.4) is 0 Å². The predicted molar refractivity (Wildman–Crippen MR) is 130 cm³/mol. The van der Waals surface area contributed by atoms with Crippen LogP contribution in [0.1, 0.15) is 33.1 Å². The minimum atomic E-state index is -0.288. The first-order valence-corrected chi connectivity index (χ1v) is 10.9. The van der Waals surface area contributed by atoms with Crippen molar-refractivity contribution in [2.45, 2.75) is 13.0 Å². The van der Waals surface area contributed by atoms with Crippen LogP contribution in [0.4, 0.5) is 0 Å². The molecule has 0 spiro atoms. The van der Waals surface area contributed by atoms with Crippen molar-refractivity contribution < 1.29 is 9.21 Å². The third-order valence-corrected chi connectivity index (χ3v) is 5.57. The number of hydrogen-bond donors (Lipinski definition) is 1. The maximum atomic E-state index is 13.1. The van der Waals surface area contributed by atoms with Crippen molar-refractivity contribution in [3.05, 3.63) is 126 Å². The quantitative estimate of drug-likeness (QED) is 0.366. The molecule has 2 heterocycles. The first-order valence-electron chi connectivity index (χ1n) is 10.9. The molecule has 1 N–H and O–H groups in total. The van der Waals surface area contributed by atoms with Crippen LogP contribution in [0, 0.1) is 6.92 Å². The van der Waals surface area contributed by atoms with Gasteiger partial charge in [-0.25, -0.2) is 0 Å². The molecular weight excluding hydrogens is 424 g/mol. The highest BCUT2D eigenvalue weighted by molar-refractivity contribution is 5.95. The maximum absolute atomic E-state index is 13.1. The lowest BCUT2D eigenvalue weighted by molar-refractivity contribution is 0.0943. The van der Waals surface area contributed by atoms with E-state index < -0.39 is 0 Å². The minimum Gasteiger partial charge on any atom is -0.416 e. The molecule has 0 fully saturated rings. The Bertz CT molecular complexity index is 1340. The van der Waals surface area contributed by atoms with Gasteiger partial charge in [0, 0.05) is 29.1 Å². The van der Waals surface area contributed by atoms with Gasteiger partial charge in [0.15, 0.2) is 0 Å². The van der Waals surface area contributed by atoms with Crippen molar-refractivity contribution in [2.24, 2.45) is 0 Å². The van der Waals surface area contributed by atoms with Crippen molar-refractivity contribution in [2.75, 3.05) is 0 Å². The number of benzene rings is 3. The normalized spacial score (nSPS) is 11.7. The summed E-state index contributed by atoms with van der Waals surface area (Å²) in [7, 11) is 0. The molecule has 5 rings (SSSR count). The third-order valence-electron chi connectivity index (χ3n) is 5.57.